The van der Waals surface area contributed by atoms with E-state index in [4.69, 9.17) is 32.7 Å². The molecule has 0 bridgehead atoms. The van der Waals surface area contributed by atoms with Crippen molar-refractivity contribution in [1.29, 1.82) is 0 Å². The molecule has 3 aromatic carbocycles. The van der Waals surface area contributed by atoms with Gasteiger partial charge in [0.25, 0.3) is 11.8 Å². The lowest BCUT2D eigenvalue weighted by Gasteiger charge is -2.26. The molecule has 0 aliphatic carbocycles. The van der Waals surface area contributed by atoms with E-state index in [0.29, 0.717) is 23.5 Å². The smallest absolute Gasteiger partial charge is 0.413 e. The number of rotatable bonds is 7. The Morgan fingerprint density at radius 2 is 1.55 bits per heavy atom. The third-order valence-electron chi connectivity index (χ3n) is 6.23. The summed E-state index contributed by atoms with van der Waals surface area (Å²) >= 11 is 12.7. The quantitative estimate of drug-likeness (QED) is 0.270. The zero-order valence-electron chi connectivity index (χ0n) is 22.0. The number of ether oxygens (including phenoxy) is 2. The molecule has 3 aromatic rings. The Morgan fingerprint density at radius 3 is 2.20 bits per heavy atom. The van der Waals surface area contributed by atoms with Crippen molar-refractivity contribution in [2.24, 2.45) is 5.92 Å². The second kappa shape index (κ2) is 12.4. The van der Waals surface area contributed by atoms with Crippen LogP contribution in [0.5, 0.6) is 5.75 Å². The second-order valence-electron chi connectivity index (χ2n) is 9.39. The van der Waals surface area contributed by atoms with Gasteiger partial charge in [-0.05, 0) is 48.7 Å². The van der Waals surface area contributed by atoms with Gasteiger partial charge in [0.1, 0.15) is 11.3 Å². The maximum absolute atomic E-state index is 14.1. The topological polar surface area (TPSA) is 105 Å². The molecule has 11 heteroatoms. The number of amides is 3. The highest BCUT2D eigenvalue weighted by molar-refractivity contribution is 6.43. The summed E-state index contributed by atoms with van der Waals surface area (Å²) in [5.74, 6) is -2.00. The average molecular weight is 584 g/mol. The number of nitrogens with one attached hydrogen (secondary N) is 1. The molecule has 1 atom stereocenters. The minimum Gasteiger partial charge on any atom is -0.465 e. The summed E-state index contributed by atoms with van der Waals surface area (Å²) < 4.78 is 10.1. The first kappa shape index (κ1) is 28.9. The summed E-state index contributed by atoms with van der Waals surface area (Å²) in [5.41, 5.74) is 1.14. The number of carbonyl (C=O) groups excluding carboxylic acids is 4. The minimum atomic E-state index is -1.67. The largest absolute Gasteiger partial charge is 0.465 e. The maximum atomic E-state index is 14.1. The van der Waals surface area contributed by atoms with Gasteiger partial charge in [-0.15, -0.1) is 0 Å². The first-order chi connectivity index (χ1) is 19.1. The molecule has 0 spiro atoms. The van der Waals surface area contributed by atoms with E-state index in [-0.39, 0.29) is 33.8 Å². The lowest BCUT2D eigenvalue weighted by Crippen LogP contribution is -2.55. The third kappa shape index (κ3) is 6.05. The van der Waals surface area contributed by atoms with Crippen molar-refractivity contribution >= 4 is 64.1 Å². The lowest BCUT2D eigenvalue weighted by atomic mass is 10.1. The molecule has 0 aromatic heterocycles. The fraction of sp³-hybridized carbons (Fsp3) is 0.241. The zero-order chi connectivity index (χ0) is 29.0. The van der Waals surface area contributed by atoms with Crippen LogP contribution < -0.4 is 19.9 Å². The Morgan fingerprint density at radius 1 is 0.925 bits per heavy atom. The van der Waals surface area contributed by atoms with Crippen LogP contribution >= 0.6 is 23.2 Å². The summed E-state index contributed by atoms with van der Waals surface area (Å²) in [6, 6.07) is 16.0. The summed E-state index contributed by atoms with van der Waals surface area (Å²) in [7, 11) is 1.20. The van der Waals surface area contributed by atoms with Crippen LogP contribution in [0.25, 0.3) is 0 Å². The Balaban J connectivity index is 1.78. The number of benzene rings is 3. The van der Waals surface area contributed by atoms with Gasteiger partial charge in [0.05, 0.1) is 28.5 Å². The minimum absolute atomic E-state index is 0.000157. The first-order valence-electron chi connectivity index (χ1n) is 12.5. The number of anilines is 3. The predicted octanol–water partition coefficient (Wildman–Crippen LogP) is 5.99. The Labute approximate surface area is 241 Å². The first-order valence-corrected chi connectivity index (χ1v) is 13.2. The average Bonchev–Trinajstić information content (AvgIpc) is 3.01. The van der Waals surface area contributed by atoms with Gasteiger partial charge in [-0.25, -0.2) is 9.59 Å². The summed E-state index contributed by atoms with van der Waals surface area (Å²) in [4.78, 5) is 56.0. The molecule has 9 nitrogen and oxygen atoms in total. The lowest BCUT2D eigenvalue weighted by molar-refractivity contribution is -0.128. The van der Waals surface area contributed by atoms with Gasteiger partial charge < -0.3 is 19.7 Å². The fourth-order valence-electron chi connectivity index (χ4n) is 4.22. The number of para-hydroxylation sites is 2. The van der Waals surface area contributed by atoms with Crippen LogP contribution in [0.1, 0.15) is 30.6 Å². The van der Waals surface area contributed by atoms with Gasteiger partial charge >= 0.3 is 12.1 Å². The van der Waals surface area contributed by atoms with E-state index < -0.39 is 29.9 Å². The van der Waals surface area contributed by atoms with E-state index in [0.717, 1.165) is 0 Å². The number of methoxy groups -OCH3 is 1. The standard InChI is InChI=1S/C29H27Cl2N3O6/c1-17(2)13-14-33-22-15-20(30)21(31)16-23(22)34(18-9-5-4-6-10-18)27(36)25(26(33)35)32-29(38)40-24-12-8-7-11-19(24)28(37)39-3/h4-12,15-17,25H,13-14H2,1-3H3,(H,32,38). The maximum Gasteiger partial charge on any atom is 0.413 e. The molecule has 0 radical (unpaired) electrons. The van der Waals surface area contributed by atoms with Gasteiger partial charge in [-0.1, -0.05) is 67.4 Å². The van der Waals surface area contributed by atoms with Crippen LogP contribution in [0.4, 0.5) is 21.9 Å². The zero-order valence-corrected chi connectivity index (χ0v) is 23.5. The molecule has 1 aliphatic rings. The Bertz CT molecular complexity index is 1450. The molecular weight excluding hydrogens is 557 g/mol. The highest BCUT2D eigenvalue weighted by Gasteiger charge is 2.42. The number of nitrogens with zero attached hydrogens (tertiary/aromatic N) is 2. The van der Waals surface area contributed by atoms with Crippen molar-refractivity contribution in [2.75, 3.05) is 23.5 Å². The molecule has 3 amide bonds. The van der Waals surface area contributed by atoms with Gasteiger partial charge in [0, 0.05) is 12.2 Å². The van der Waals surface area contributed by atoms with E-state index >= 15 is 0 Å². The van der Waals surface area contributed by atoms with Crippen molar-refractivity contribution in [3.8, 4) is 5.75 Å². The van der Waals surface area contributed by atoms with Crippen molar-refractivity contribution < 1.29 is 28.7 Å². The van der Waals surface area contributed by atoms with E-state index in [2.05, 4.69) is 5.32 Å². The molecule has 1 heterocycles. The SMILES string of the molecule is COC(=O)c1ccccc1OC(=O)NC1C(=O)N(CCC(C)C)c2cc(Cl)c(Cl)cc2N(c2ccccc2)C1=O. The number of halogens is 2. The molecule has 4 rings (SSSR count). The van der Waals surface area contributed by atoms with Crippen molar-refractivity contribution in [1.82, 2.24) is 5.32 Å². The highest BCUT2D eigenvalue weighted by atomic mass is 35.5. The van der Waals surface area contributed by atoms with Crippen LogP contribution in [-0.4, -0.2) is 43.6 Å². The van der Waals surface area contributed by atoms with E-state index in [1.807, 2.05) is 13.8 Å². The molecule has 0 fully saturated rings. The fourth-order valence-corrected chi connectivity index (χ4v) is 4.53. The Kier molecular flexibility index (Phi) is 8.96. The van der Waals surface area contributed by atoms with E-state index in [9.17, 15) is 19.2 Å². The summed E-state index contributed by atoms with van der Waals surface area (Å²) in [6.45, 7) is 4.26. The molecule has 1 N–H and O–H groups in total. The molecular formula is C29H27Cl2N3O6. The van der Waals surface area contributed by atoms with Crippen molar-refractivity contribution in [3.05, 3.63) is 82.3 Å². The normalized spacial score (nSPS) is 15.0. The predicted molar refractivity (Wildman–Crippen MR) is 153 cm³/mol. The van der Waals surface area contributed by atoms with Crippen LogP contribution in [0, 0.1) is 5.92 Å². The molecule has 1 aliphatic heterocycles. The van der Waals surface area contributed by atoms with Crippen molar-refractivity contribution in [3.63, 3.8) is 0 Å². The molecule has 0 saturated heterocycles. The van der Waals surface area contributed by atoms with Crippen LogP contribution in [-0.2, 0) is 14.3 Å². The number of esters is 1. The second-order valence-corrected chi connectivity index (χ2v) is 10.2. The molecule has 40 heavy (non-hydrogen) atoms. The highest BCUT2D eigenvalue weighted by Crippen LogP contribution is 2.42. The van der Waals surface area contributed by atoms with Gasteiger partial charge in [0.2, 0.25) is 0 Å². The number of fused-ring (bicyclic) bond motifs is 1. The van der Waals surface area contributed by atoms with Gasteiger partial charge in [-0.2, -0.15) is 0 Å². The van der Waals surface area contributed by atoms with E-state index in [1.54, 1.807) is 42.5 Å². The van der Waals surface area contributed by atoms with Gasteiger partial charge in [0.15, 0.2) is 6.04 Å². The van der Waals surface area contributed by atoms with Crippen molar-refractivity contribution in [2.45, 2.75) is 26.3 Å². The number of hydrogen-bond donors (Lipinski definition) is 1. The number of hydrogen-bond acceptors (Lipinski definition) is 6. The Hall–Kier alpha value is -4.08. The van der Waals surface area contributed by atoms with Crippen LogP contribution in [0.2, 0.25) is 10.0 Å². The van der Waals surface area contributed by atoms with Crippen LogP contribution in [0.15, 0.2) is 66.7 Å². The number of carbonyl (C=O) groups is 4. The monoisotopic (exact) mass is 583 g/mol. The summed E-state index contributed by atoms with van der Waals surface area (Å²) in [6.07, 6.45) is -0.504. The molecule has 0 saturated carbocycles. The molecule has 1 unspecified atom stereocenters. The summed E-state index contributed by atoms with van der Waals surface area (Å²) in [5, 5.41) is 2.80. The van der Waals surface area contributed by atoms with Gasteiger partial charge in [-0.3, -0.25) is 14.5 Å². The van der Waals surface area contributed by atoms with E-state index in [1.165, 1.54) is 41.2 Å². The molecule has 208 valence electrons. The van der Waals surface area contributed by atoms with Crippen LogP contribution in [0.3, 0.4) is 0 Å². The third-order valence-corrected chi connectivity index (χ3v) is 6.95.